The molecule has 26 heavy (non-hydrogen) atoms. The van der Waals surface area contributed by atoms with Crippen LogP contribution in [-0.4, -0.2) is 23.2 Å². The second-order valence-corrected chi connectivity index (χ2v) is 6.27. The number of para-hydroxylation sites is 2. The maximum atomic E-state index is 12.8. The van der Waals surface area contributed by atoms with Crippen LogP contribution in [0.3, 0.4) is 0 Å². The highest BCUT2D eigenvalue weighted by atomic mass is 16.2. The average molecular weight is 341 g/mol. The van der Waals surface area contributed by atoms with Gasteiger partial charge in [0.25, 0.3) is 5.91 Å². The van der Waals surface area contributed by atoms with Gasteiger partial charge in [0.15, 0.2) is 0 Å². The molecule has 0 aliphatic heterocycles. The number of nitrogens with zero attached hydrogens (tertiary/aromatic N) is 2. The van der Waals surface area contributed by atoms with Crippen molar-refractivity contribution in [1.82, 2.24) is 9.99 Å². The molecule has 0 fully saturated rings. The molecule has 4 heteroatoms. The number of benzene rings is 3. The molecule has 0 amide bonds. The third kappa shape index (κ3) is 2.97. The molecule has 0 saturated carbocycles. The molecule has 1 aromatic heterocycles. The molecule has 4 nitrogen and oxygen atoms in total. The van der Waals surface area contributed by atoms with Crippen LogP contribution < -0.4 is 5.43 Å². The van der Waals surface area contributed by atoms with Crippen molar-refractivity contribution in [3.05, 3.63) is 83.9 Å². The summed E-state index contributed by atoms with van der Waals surface area (Å²) in [7, 11) is 0. The quantitative estimate of drug-likeness (QED) is 0.443. The van der Waals surface area contributed by atoms with Gasteiger partial charge in [-0.3, -0.25) is 9.36 Å². The van der Waals surface area contributed by atoms with Crippen LogP contribution in [0.25, 0.3) is 21.8 Å². The lowest BCUT2D eigenvalue weighted by Crippen LogP contribution is -2.23. The van der Waals surface area contributed by atoms with Crippen LogP contribution in [0.5, 0.6) is 0 Å². The Balaban J connectivity index is 1.58. The fraction of sp³-hybridized carbons (Fsp3) is 0.0909. The van der Waals surface area contributed by atoms with Crippen LogP contribution in [0.1, 0.15) is 15.9 Å². The van der Waals surface area contributed by atoms with E-state index >= 15 is 0 Å². The first-order chi connectivity index (χ1) is 12.7. The van der Waals surface area contributed by atoms with E-state index in [1.54, 1.807) is 10.8 Å². The fourth-order valence-corrected chi connectivity index (χ4v) is 3.25. The molecule has 0 saturated heterocycles. The van der Waals surface area contributed by atoms with Gasteiger partial charge in [0.2, 0.25) is 0 Å². The Morgan fingerprint density at radius 2 is 1.62 bits per heavy atom. The minimum atomic E-state index is -0.0382. The van der Waals surface area contributed by atoms with E-state index < -0.39 is 0 Å². The van der Waals surface area contributed by atoms with E-state index in [1.807, 2.05) is 79.7 Å². The van der Waals surface area contributed by atoms with Gasteiger partial charge in [-0.15, -0.1) is 0 Å². The van der Waals surface area contributed by atoms with Crippen molar-refractivity contribution in [2.24, 2.45) is 5.10 Å². The predicted octanol–water partition coefficient (Wildman–Crippen LogP) is 4.37. The van der Waals surface area contributed by atoms with Crippen molar-refractivity contribution in [3.8, 4) is 0 Å². The van der Waals surface area contributed by atoms with Crippen LogP contribution in [0.2, 0.25) is 0 Å². The molecular weight excluding hydrogens is 322 g/mol. The number of hydrogen-bond acceptors (Lipinski definition) is 3. The van der Waals surface area contributed by atoms with Gasteiger partial charge in [0.1, 0.15) is 6.54 Å². The van der Waals surface area contributed by atoms with Gasteiger partial charge < -0.3 is 5.43 Å². The van der Waals surface area contributed by atoms with Gasteiger partial charge in [0, 0.05) is 10.8 Å². The zero-order valence-electron chi connectivity index (χ0n) is 14.5. The first-order valence-corrected chi connectivity index (χ1v) is 8.58. The SMILES string of the molecule is Cc1cccc(/C=N/NCC(=O)n2c3ccccc3c3ccccc32)c1. The summed E-state index contributed by atoms with van der Waals surface area (Å²) in [6, 6.07) is 24.0. The van der Waals surface area contributed by atoms with Crippen molar-refractivity contribution in [2.75, 3.05) is 6.54 Å². The lowest BCUT2D eigenvalue weighted by molar-refractivity contribution is 0.0923. The zero-order chi connectivity index (χ0) is 17.9. The number of aromatic nitrogens is 1. The van der Waals surface area contributed by atoms with Crippen molar-refractivity contribution in [1.29, 1.82) is 0 Å². The van der Waals surface area contributed by atoms with E-state index in [-0.39, 0.29) is 12.5 Å². The van der Waals surface area contributed by atoms with E-state index in [9.17, 15) is 4.79 Å². The molecule has 0 unspecified atom stereocenters. The maximum absolute atomic E-state index is 12.8. The molecule has 0 aliphatic carbocycles. The lowest BCUT2D eigenvalue weighted by Gasteiger charge is -2.06. The van der Waals surface area contributed by atoms with Crippen LogP contribution in [0.15, 0.2) is 77.9 Å². The summed E-state index contributed by atoms with van der Waals surface area (Å²) >= 11 is 0. The number of hydrogen-bond donors (Lipinski definition) is 1. The highest BCUT2D eigenvalue weighted by molar-refractivity contribution is 6.13. The molecule has 1 N–H and O–H groups in total. The first-order valence-electron chi connectivity index (χ1n) is 8.58. The third-order valence-electron chi connectivity index (χ3n) is 4.41. The topological polar surface area (TPSA) is 46.4 Å². The van der Waals surface area contributed by atoms with Gasteiger partial charge in [-0.25, -0.2) is 0 Å². The Morgan fingerprint density at radius 3 is 2.27 bits per heavy atom. The maximum Gasteiger partial charge on any atom is 0.252 e. The lowest BCUT2D eigenvalue weighted by atomic mass is 10.2. The molecule has 0 radical (unpaired) electrons. The van der Waals surface area contributed by atoms with E-state index in [0.717, 1.165) is 27.4 Å². The number of rotatable bonds is 4. The van der Waals surface area contributed by atoms with Gasteiger partial charge >= 0.3 is 0 Å². The van der Waals surface area contributed by atoms with E-state index in [1.165, 1.54) is 5.56 Å². The van der Waals surface area contributed by atoms with Crippen molar-refractivity contribution < 1.29 is 4.79 Å². The number of nitrogens with one attached hydrogen (secondary N) is 1. The van der Waals surface area contributed by atoms with Gasteiger partial charge in [0.05, 0.1) is 17.2 Å². The van der Waals surface area contributed by atoms with Gasteiger partial charge in [-0.05, 0) is 24.6 Å². The summed E-state index contributed by atoms with van der Waals surface area (Å²) < 4.78 is 1.76. The Bertz CT molecular complexity index is 1070. The summed E-state index contributed by atoms with van der Waals surface area (Å²) in [6.07, 6.45) is 1.73. The van der Waals surface area contributed by atoms with E-state index in [2.05, 4.69) is 10.5 Å². The zero-order valence-corrected chi connectivity index (χ0v) is 14.5. The Kier molecular flexibility index (Phi) is 4.23. The Hall–Kier alpha value is -3.40. The van der Waals surface area contributed by atoms with Crippen molar-refractivity contribution in [3.63, 3.8) is 0 Å². The largest absolute Gasteiger partial charge is 0.301 e. The normalized spacial score (nSPS) is 11.4. The monoisotopic (exact) mass is 341 g/mol. The molecule has 0 aliphatic rings. The highest BCUT2D eigenvalue weighted by Gasteiger charge is 2.14. The molecule has 4 aromatic rings. The number of carbonyl (C=O) groups is 1. The van der Waals surface area contributed by atoms with Crippen LogP contribution >= 0.6 is 0 Å². The molecule has 1 heterocycles. The summed E-state index contributed by atoms with van der Waals surface area (Å²) in [5.74, 6) is -0.0382. The summed E-state index contributed by atoms with van der Waals surface area (Å²) in [5, 5.41) is 6.35. The van der Waals surface area contributed by atoms with Crippen molar-refractivity contribution in [2.45, 2.75) is 6.92 Å². The molecule has 4 rings (SSSR count). The summed E-state index contributed by atoms with van der Waals surface area (Å²) in [5.41, 5.74) is 6.89. The van der Waals surface area contributed by atoms with Crippen LogP contribution in [0.4, 0.5) is 0 Å². The second kappa shape index (κ2) is 6.84. The minimum absolute atomic E-state index is 0.0382. The molecular formula is C22H19N3O. The predicted molar refractivity (Wildman–Crippen MR) is 107 cm³/mol. The number of hydrazone groups is 1. The van der Waals surface area contributed by atoms with E-state index in [0.29, 0.717) is 0 Å². The van der Waals surface area contributed by atoms with Crippen LogP contribution in [0, 0.1) is 6.92 Å². The fourth-order valence-electron chi connectivity index (χ4n) is 3.25. The first kappa shape index (κ1) is 16.1. The van der Waals surface area contributed by atoms with Crippen LogP contribution in [-0.2, 0) is 0 Å². The third-order valence-corrected chi connectivity index (χ3v) is 4.41. The van der Waals surface area contributed by atoms with Gasteiger partial charge in [-0.2, -0.15) is 5.10 Å². The van der Waals surface area contributed by atoms with Crippen molar-refractivity contribution >= 4 is 33.9 Å². The molecule has 128 valence electrons. The number of carbonyl (C=O) groups excluding carboxylic acids is 1. The highest BCUT2D eigenvalue weighted by Crippen LogP contribution is 2.28. The molecule has 0 spiro atoms. The van der Waals surface area contributed by atoms with E-state index in [4.69, 9.17) is 0 Å². The summed E-state index contributed by atoms with van der Waals surface area (Å²) in [6.45, 7) is 2.17. The second-order valence-electron chi connectivity index (χ2n) is 6.27. The summed E-state index contributed by atoms with van der Waals surface area (Å²) in [4.78, 5) is 12.8. The molecule has 0 atom stereocenters. The molecule has 0 bridgehead atoms. The smallest absolute Gasteiger partial charge is 0.252 e. The Labute approximate surface area is 151 Å². The standard InChI is InChI=1S/C22H19N3O/c1-16-7-6-8-17(13-16)14-23-24-15-22(26)25-20-11-4-2-9-18(20)19-10-3-5-12-21(19)25/h2-14,24H,15H2,1H3/b23-14+. The number of fused-ring (bicyclic) bond motifs is 3. The average Bonchev–Trinajstić information content (AvgIpc) is 3.00. The van der Waals surface area contributed by atoms with Gasteiger partial charge in [-0.1, -0.05) is 66.2 Å². The Morgan fingerprint density at radius 1 is 0.962 bits per heavy atom. The minimum Gasteiger partial charge on any atom is -0.301 e. The molecule has 3 aromatic carbocycles. The number of aryl methyl sites for hydroxylation is 1.